The first kappa shape index (κ1) is 6.86. The average Bonchev–Trinajstić information content (AvgIpc) is 2.30. The van der Waals surface area contributed by atoms with Crippen molar-refractivity contribution < 1.29 is 4.79 Å². The van der Waals surface area contributed by atoms with Crippen LogP contribution in [-0.4, -0.2) is 6.29 Å². The van der Waals surface area contributed by atoms with E-state index in [1.807, 2.05) is 0 Å². The third-order valence-corrected chi connectivity index (χ3v) is 1.63. The van der Waals surface area contributed by atoms with Crippen molar-refractivity contribution in [2.45, 2.75) is 6.92 Å². The van der Waals surface area contributed by atoms with Crippen LogP contribution in [0.25, 0.3) is 0 Å². The highest BCUT2D eigenvalue weighted by atomic mass is 16.3. The number of allylic oxidation sites excluding steroid dienone is 3. The Labute approximate surface area is 58.4 Å². The zero-order chi connectivity index (χ0) is 7.56. The monoisotopic (exact) mass is 137 g/mol. The molecule has 1 aliphatic rings. The van der Waals surface area contributed by atoms with E-state index >= 15 is 0 Å². The number of aldehydes is 1. The summed E-state index contributed by atoms with van der Waals surface area (Å²) in [7, 11) is 0. The Morgan fingerprint density at radius 3 is 2.60 bits per heavy atom. The number of nitrogens with zero attached hydrogens (tertiary/aromatic N) is 1. The molecule has 3 heteroatoms. The molecule has 52 valence electrons. The van der Waals surface area contributed by atoms with Gasteiger partial charge >= 0.3 is 0 Å². The molecule has 10 heavy (non-hydrogen) atoms. The van der Waals surface area contributed by atoms with Crippen LogP contribution in [0.4, 0.5) is 0 Å². The number of hydrogen-bond acceptors (Lipinski definition) is 3. The Kier molecular flexibility index (Phi) is 1.76. The SMILES string of the molecule is CC1C(C=O)=CC=C1N=O. The lowest BCUT2D eigenvalue weighted by molar-refractivity contribution is -0.105. The Balaban J connectivity index is 2.80. The lowest BCUT2D eigenvalue weighted by atomic mass is 10.1. The molecule has 0 bridgehead atoms. The van der Waals surface area contributed by atoms with E-state index in [0.717, 1.165) is 6.29 Å². The maximum atomic E-state index is 10.2. The van der Waals surface area contributed by atoms with Crippen LogP contribution in [0.5, 0.6) is 0 Å². The number of nitroso groups, excluding NO2 is 1. The van der Waals surface area contributed by atoms with Gasteiger partial charge < -0.3 is 0 Å². The van der Waals surface area contributed by atoms with Crippen LogP contribution < -0.4 is 0 Å². The molecule has 0 aromatic carbocycles. The fraction of sp³-hybridized carbons (Fsp3) is 0.286. The standard InChI is InChI=1S/C7H7NO2/c1-5-6(4-9)2-3-7(5)8-10/h2-5H,1H3. The lowest BCUT2D eigenvalue weighted by Gasteiger charge is -2.00. The van der Waals surface area contributed by atoms with Crippen LogP contribution in [-0.2, 0) is 4.79 Å². The van der Waals surface area contributed by atoms with Gasteiger partial charge in [-0.25, -0.2) is 0 Å². The van der Waals surface area contributed by atoms with E-state index < -0.39 is 0 Å². The molecule has 0 N–H and O–H groups in total. The summed E-state index contributed by atoms with van der Waals surface area (Å²) in [5.74, 6) is -0.116. The summed E-state index contributed by atoms with van der Waals surface area (Å²) in [6.45, 7) is 1.78. The minimum atomic E-state index is -0.116. The van der Waals surface area contributed by atoms with Crippen molar-refractivity contribution in [2.24, 2.45) is 11.1 Å². The van der Waals surface area contributed by atoms with Crippen molar-refractivity contribution in [3.05, 3.63) is 28.3 Å². The van der Waals surface area contributed by atoms with Crippen LogP contribution in [0.3, 0.4) is 0 Å². The van der Waals surface area contributed by atoms with Gasteiger partial charge in [-0.3, -0.25) is 4.79 Å². The number of carbonyl (C=O) groups excluding carboxylic acids is 1. The molecule has 0 fully saturated rings. The molecule has 0 aliphatic heterocycles. The van der Waals surface area contributed by atoms with Gasteiger partial charge in [0.1, 0.15) is 6.29 Å². The number of rotatable bonds is 2. The van der Waals surface area contributed by atoms with E-state index in [1.54, 1.807) is 19.1 Å². The lowest BCUT2D eigenvalue weighted by Crippen LogP contribution is -1.97. The molecule has 1 aliphatic carbocycles. The van der Waals surface area contributed by atoms with Gasteiger partial charge in [0.15, 0.2) is 0 Å². The molecule has 0 amide bonds. The Hall–Kier alpha value is -1.25. The van der Waals surface area contributed by atoms with Crippen LogP contribution in [0.2, 0.25) is 0 Å². The third kappa shape index (κ3) is 0.900. The van der Waals surface area contributed by atoms with Crippen LogP contribution >= 0.6 is 0 Å². The van der Waals surface area contributed by atoms with E-state index in [1.165, 1.54) is 0 Å². The van der Waals surface area contributed by atoms with Gasteiger partial charge in [0.2, 0.25) is 0 Å². The molecule has 3 nitrogen and oxygen atoms in total. The first-order valence-corrected chi connectivity index (χ1v) is 3.00. The predicted molar refractivity (Wildman–Crippen MR) is 37.2 cm³/mol. The first-order valence-electron chi connectivity index (χ1n) is 3.00. The van der Waals surface area contributed by atoms with E-state index in [4.69, 9.17) is 0 Å². The fourth-order valence-electron chi connectivity index (χ4n) is 0.892. The highest BCUT2D eigenvalue weighted by molar-refractivity contribution is 5.77. The maximum absolute atomic E-state index is 10.2. The van der Waals surface area contributed by atoms with E-state index in [-0.39, 0.29) is 5.92 Å². The molecule has 0 aromatic rings. The Morgan fingerprint density at radius 1 is 1.60 bits per heavy atom. The predicted octanol–water partition coefficient (Wildman–Crippen LogP) is 1.41. The highest BCUT2D eigenvalue weighted by Gasteiger charge is 2.17. The molecule has 1 atom stereocenters. The normalized spacial score (nSPS) is 23.5. The second-order valence-electron chi connectivity index (χ2n) is 2.19. The summed E-state index contributed by atoms with van der Waals surface area (Å²) in [5.41, 5.74) is 1.05. The highest BCUT2D eigenvalue weighted by Crippen LogP contribution is 2.25. The second-order valence-corrected chi connectivity index (χ2v) is 2.19. The van der Waals surface area contributed by atoms with Crippen molar-refractivity contribution in [3.8, 4) is 0 Å². The van der Waals surface area contributed by atoms with Gasteiger partial charge in [0.05, 0.1) is 5.70 Å². The van der Waals surface area contributed by atoms with Gasteiger partial charge in [-0.1, -0.05) is 13.0 Å². The minimum absolute atomic E-state index is 0.116. The Bertz CT molecular complexity index is 204. The third-order valence-electron chi connectivity index (χ3n) is 1.63. The van der Waals surface area contributed by atoms with Crippen molar-refractivity contribution in [1.82, 2.24) is 0 Å². The average molecular weight is 137 g/mol. The van der Waals surface area contributed by atoms with Crippen molar-refractivity contribution in [3.63, 3.8) is 0 Å². The minimum Gasteiger partial charge on any atom is -0.298 e. The summed E-state index contributed by atoms with van der Waals surface area (Å²) in [5, 5.41) is 2.77. The summed E-state index contributed by atoms with van der Waals surface area (Å²) >= 11 is 0. The largest absolute Gasteiger partial charge is 0.298 e. The molecule has 0 spiro atoms. The number of carbonyl (C=O) groups is 1. The summed E-state index contributed by atoms with van der Waals surface area (Å²) < 4.78 is 0. The maximum Gasteiger partial charge on any atom is 0.146 e. The Morgan fingerprint density at radius 2 is 2.30 bits per heavy atom. The summed E-state index contributed by atoms with van der Waals surface area (Å²) in [4.78, 5) is 20.2. The molecular weight excluding hydrogens is 130 g/mol. The zero-order valence-corrected chi connectivity index (χ0v) is 5.57. The van der Waals surface area contributed by atoms with E-state index in [0.29, 0.717) is 11.3 Å². The molecule has 0 aromatic heterocycles. The molecule has 0 radical (unpaired) electrons. The van der Waals surface area contributed by atoms with Gasteiger partial charge in [-0.2, -0.15) is 0 Å². The van der Waals surface area contributed by atoms with Crippen molar-refractivity contribution in [2.75, 3.05) is 0 Å². The first-order chi connectivity index (χ1) is 4.79. The van der Waals surface area contributed by atoms with Gasteiger partial charge in [0.25, 0.3) is 0 Å². The zero-order valence-electron chi connectivity index (χ0n) is 5.57. The van der Waals surface area contributed by atoms with Crippen molar-refractivity contribution >= 4 is 6.29 Å². The van der Waals surface area contributed by atoms with Crippen LogP contribution in [0.15, 0.2) is 28.6 Å². The quantitative estimate of drug-likeness (QED) is 0.426. The summed E-state index contributed by atoms with van der Waals surface area (Å²) in [6, 6.07) is 0. The second kappa shape index (κ2) is 2.56. The topological polar surface area (TPSA) is 46.5 Å². The number of hydrogen-bond donors (Lipinski definition) is 0. The summed E-state index contributed by atoms with van der Waals surface area (Å²) in [6.07, 6.45) is 3.94. The van der Waals surface area contributed by atoms with Gasteiger partial charge in [-0.15, -0.1) is 4.91 Å². The molecule has 1 unspecified atom stereocenters. The van der Waals surface area contributed by atoms with E-state index in [9.17, 15) is 9.70 Å². The fourth-order valence-corrected chi connectivity index (χ4v) is 0.892. The molecule has 0 heterocycles. The molecular formula is C7H7NO2. The van der Waals surface area contributed by atoms with Gasteiger partial charge in [0, 0.05) is 11.5 Å². The smallest absolute Gasteiger partial charge is 0.146 e. The van der Waals surface area contributed by atoms with Crippen molar-refractivity contribution in [1.29, 1.82) is 0 Å². The van der Waals surface area contributed by atoms with E-state index in [2.05, 4.69) is 5.18 Å². The van der Waals surface area contributed by atoms with Crippen LogP contribution in [0.1, 0.15) is 6.92 Å². The molecule has 1 rings (SSSR count). The molecule has 0 saturated carbocycles. The van der Waals surface area contributed by atoms with Crippen LogP contribution in [0, 0.1) is 10.8 Å². The molecule has 0 saturated heterocycles. The van der Waals surface area contributed by atoms with Gasteiger partial charge in [-0.05, 0) is 11.3 Å².